The van der Waals surface area contributed by atoms with Crippen LogP contribution in [0.2, 0.25) is 0 Å². The zero-order chi connectivity index (χ0) is 20.2. The molecular formula is C23H24N2O3S. The van der Waals surface area contributed by atoms with Gasteiger partial charge in [0, 0.05) is 37.1 Å². The topological polar surface area (TPSA) is 57.7 Å². The largest absolute Gasteiger partial charge is 0.342 e. The highest BCUT2D eigenvalue weighted by molar-refractivity contribution is 7.99. The van der Waals surface area contributed by atoms with E-state index in [1.807, 2.05) is 22.7 Å². The Balaban J connectivity index is 1.27. The van der Waals surface area contributed by atoms with Gasteiger partial charge in [0.05, 0.1) is 11.1 Å². The molecule has 0 N–H and O–H groups in total. The van der Waals surface area contributed by atoms with E-state index >= 15 is 0 Å². The van der Waals surface area contributed by atoms with E-state index in [9.17, 15) is 14.4 Å². The first-order chi connectivity index (χ1) is 14.1. The Labute approximate surface area is 175 Å². The summed E-state index contributed by atoms with van der Waals surface area (Å²) in [7, 11) is 0. The average Bonchev–Trinajstić information content (AvgIpc) is 2.93. The summed E-state index contributed by atoms with van der Waals surface area (Å²) >= 11 is 1.90. The number of thioether (sulfide) groups is 1. The molecule has 1 fully saturated rings. The van der Waals surface area contributed by atoms with Crippen molar-refractivity contribution in [1.82, 2.24) is 9.80 Å². The van der Waals surface area contributed by atoms with Crippen LogP contribution >= 0.6 is 11.8 Å². The second kappa shape index (κ2) is 8.82. The fourth-order valence-electron chi connectivity index (χ4n) is 3.94. The van der Waals surface area contributed by atoms with Gasteiger partial charge in [0.25, 0.3) is 11.8 Å². The van der Waals surface area contributed by atoms with E-state index in [1.54, 1.807) is 24.3 Å². The lowest BCUT2D eigenvalue weighted by molar-refractivity contribution is -0.131. The summed E-state index contributed by atoms with van der Waals surface area (Å²) < 4.78 is 0. The molecule has 4 rings (SSSR count). The fraction of sp³-hybridized carbons (Fsp3) is 0.348. The van der Waals surface area contributed by atoms with Crippen LogP contribution < -0.4 is 0 Å². The van der Waals surface area contributed by atoms with Crippen molar-refractivity contribution < 1.29 is 14.4 Å². The minimum Gasteiger partial charge on any atom is -0.342 e. The SMILES string of the molecule is O=C(CCCN1C(=O)c2ccccc2C1=O)N1CCSC(c2ccccc2)CC1. The van der Waals surface area contributed by atoms with Crippen LogP contribution in [0.15, 0.2) is 54.6 Å². The van der Waals surface area contributed by atoms with Crippen LogP contribution in [0, 0.1) is 0 Å². The summed E-state index contributed by atoms with van der Waals surface area (Å²) in [4.78, 5) is 40.7. The predicted molar refractivity (Wildman–Crippen MR) is 114 cm³/mol. The Morgan fingerprint density at radius 1 is 0.931 bits per heavy atom. The van der Waals surface area contributed by atoms with Crippen molar-refractivity contribution in [2.75, 3.05) is 25.4 Å². The number of hydrogen-bond acceptors (Lipinski definition) is 4. The van der Waals surface area contributed by atoms with Gasteiger partial charge in [-0.2, -0.15) is 11.8 Å². The molecule has 0 bridgehead atoms. The number of imide groups is 1. The van der Waals surface area contributed by atoms with Gasteiger partial charge in [-0.1, -0.05) is 42.5 Å². The molecule has 0 spiro atoms. The maximum atomic E-state index is 12.7. The van der Waals surface area contributed by atoms with E-state index in [0.29, 0.717) is 29.2 Å². The number of carbonyl (C=O) groups excluding carboxylic acids is 3. The molecule has 3 amide bonds. The van der Waals surface area contributed by atoms with Crippen molar-refractivity contribution in [2.24, 2.45) is 0 Å². The molecular weight excluding hydrogens is 384 g/mol. The van der Waals surface area contributed by atoms with Crippen molar-refractivity contribution in [3.8, 4) is 0 Å². The smallest absolute Gasteiger partial charge is 0.261 e. The molecule has 0 aromatic heterocycles. The Morgan fingerprint density at radius 3 is 2.28 bits per heavy atom. The highest BCUT2D eigenvalue weighted by Gasteiger charge is 2.34. The van der Waals surface area contributed by atoms with Gasteiger partial charge < -0.3 is 4.90 Å². The van der Waals surface area contributed by atoms with Crippen LogP contribution in [0.25, 0.3) is 0 Å². The number of nitrogens with zero attached hydrogens (tertiary/aromatic N) is 2. The van der Waals surface area contributed by atoms with Crippen LogP contribution in [0.4, 0.5) is 0 Å². The molecule has 1 saturated heterocycles. The summed E-state index contributed by atoms with van der Waals surface area (Å²) in [5.41, 5.74) is 2.23. The van der Waals surface area contributed by atoms with E-state index in [0.717, 1.165) is 25.3 Å². The average molecular weight is 409 g/mol. The second-order valence-corrected chi connectivity index (χ2v) is 8.66. The first-order valence-corrected chi connectivity index (χ1v) is 11.1. The van der Waals surface area contributed by atoms with E-state index < -0.39 is 0 Å². The summed E-state index contributed by atoms with van der Waals surface area (Å²) in [6, 6.07) is 17.3. The molecule has 0 aliphatic carbocycles. The van der Waals surface area contributed by atoms with Gasteiger partial charge in [-0.3, -0.25) is 19.3 Å². The molecule has 2 aromatic carbocycles. The summed E-state index contributed by atoms with van der Waals surface area (Å²) in [6.45, 7) is 1.78. The highest BCUT2D eigenvalue weighted by atomic mass is 32.2. The molecule has 1 unspecified atom stereocenters. The van der Waals surface area contributed by atoms with Crippen LogP contribution in [0.5, 0.6) is 0 Å². The van der Waals surface area contributed by atoms with Crippen molar-refractivity contribution in [1.29, 1.82) is 0 Å². The van der Waals surface area contributed by atoms with Crippen molar-refractivity contribution in [3.63, 3.8) is 0 Å². The molecule has 1 atom stereocenters. The number of hydrogen-bond donors (Lipinski definition) is 0. The molecule has 2 aliphatic rings. The van der Waals surface area contributed by atoms with Crippen LogP contribution in [0.1, 0.15) is 50.8 Å². The van der Waals surface area contributed by atoms with Crippen molar-refractivity contribution in [3.05, 3.63) is 71.3 Å². The predicted octanol–water partition coefficient (Wildman–Crippen LogP) is 3.77. The maximum absolute atomic E-state index is 12.7. The summed E-state index contributed by atoms with van der Waals surface area (Å²) in [6.07, 6.45) is 1.79. The Bertz CT molecular complexity index is 880. The van der Waals surface area contributed by atoms with E-state index in [4.69, 9.17) is 0 Å². The Morgan fingerprint density at radius 2 is 1.59 bits per heavy atom. The monoisotopic (exact) mass is 408 g/mol. The van der Waals surface area contributed by atoms with Crippen LogP contribution in [0.3, 0.4) is 0 Å². The minimum absolute atomic E-state index is 0.107. The third kappa shape index (κ3) is 4.22. The number of benzene rings is 2. The van der Waals surface area contributed by atoms with Gasteiger partial charge in [0.1, 0.15) is 0 Å². The first-order valence-electron chi connectivity index (χ1n) is 10.0. The van der Waals surface area contributed by atoms with Gasteiger partial charge in [-0.15, -0.1) is 0 Å². The molecule has 29 heavy (non-hydrogen) atoms. The lowest BCUT2D eigenvalue weighted by atomic mass is 10.1. The van der Waals surface area contributed by atoms with E-state index in [-0.39, 0.29) is 24.3 Å². The third-order valence-corrected chi connectivity index (χ3v) is 6.84. The molecule has 5 nitrogen and oxygen atoms in total. The van der Waals surface area contributed by atoms with E-state index in [2.05, 4.69) is 24.3 Å². The first kappa shape index (κ1) is 19.7. The number of amides is 3. The van der Waals surface area contributed by atoms with Crippen molar-refractivity contribution >= 4 is 29.5 Å². The Hall–Kier alpha value is -2.60. The molecule has 0 saturated carbocycles. The molecule has 2 aliphatic heterocycles. The molecule has 6 heteroatoms. The zero-order valence-corrected chi connectivity index (χ0v) is 17.1. The molecule has 0 radical (unpaired) electrons. The van der Waals surface area contributed by atoms with Crippen LogP contribution in [-0.4, -0.2) is 52.9 Å². The van der Waals surface area contributed by atoms with Crippen molar-refractivity contribution in [2.45, 2.75) is 24.5 Å². The van der Waals surface area contributed by atoms with Gasteiger partial charge in [0.15, 0.2) is 0 Å². The number of rotatable bonds is 5. The molecule has 2 aromatic rings. The van der Waals surface area contributed by atoms with Crippen LogP contribution in [-0.2, 0) is 4.79 Å². The zero-order valence-electron chi connectivity index (χ0n) is 16.3. The quantitative estimate of drug-likeness (QED) is 0.707. The molecule has 2 heterocycles. The molecule has 150 valence electrons. The Kier molecular flexibility index (Phi) is 6.00. The standard InChI is InChI=1S/C23H24N2O3S/c26-21(24-14-12-20(29-16-15-24)17-7-2-1-3-8-17)11-6-13-25-22(27)18-9-4-5-10-19(18)23(25)28/h1-5,7-10,20H,6,11-16H2. The lowest BCUT2D eigenvalue weighted by Crippen LogP contribution is -2.35. The highest BCUT2D eigenvalue weighted by Crippen LogP contribution is 2.34. The summed E-state index contributed by atoms with van der Waals surface area (Å²) in [5.74, 6) is 0.518. The number of fused-ring (bicyclic) bond motifs is 1. The minimum atomic E-state index is -0.255. The summed E-state index contributed by atoms with van der Waals surface area (Å²) in [5, 5.41) is 0.423. The van der Waals surface area contributed by atoms with E-state index in [1.165, 1.54) is 10.5 Å². The van der Waals surface area contributed by atoms with Gasteiger partial charge >= 0.3 is 0 Å². The normalized spacial score (nSPS) is 19.2. The van der Waals surface area contributed by atoms with Gasteiger partial charge in [0.2, 0.25) is 5.91 Å². The van der Waals surface area contributed by atoms with Gasteiger partial charge in [-0.05, 0) is 30.5 Å². The lowest BCUT2D eigenvalue weighted by Gasteiger charge is -2.21. The second-order valence-electron chi connectivity index (χ2n) is 7.35. The maximum Gasteiger partial charge on any atom is 0.261 e. The number of carbonyl (C=O) groups is 3. The van der Waals surface area contributed by atoms with Gasteiger partial charge in [-0.25, -0.2) is 0 Å². The third-order valence-electron chi connectivity index (χ3n) is 5.52. The fourth-order valence-corrected chi connectivity index (χ4v) is 5.17.